The number of para-hydroxylation sites is 1. The third kappa shape index (κ3) is 2.52. The molecule has 23 heavy (non-hydrogen) atoms. The van der Waals surface area contributed by atoms with Gasteiger partial charge in [-0.2, -0.15) is 0 Å². The minimum atomic E-state index is 0.230. The van der Waals surface area contributed by atoms with Crippen LogP contribution in [0.3, 0.4) is 0 Å². The van der Waals surface area contributed by atoms with E-state index in [0.29, 0.717) is 11.8 Å². The molecule has 1 aliphatic carbocycles. The summed E-state index contributed by atoms with van der Waals surface area (Å²) in [4.78, 5) is 0. The lowest BCUT2D eigenvalue weighted by Crippen LogP contribution is -2.29. The molecule has 0 unspecified atom stereocenters. The van der Waals surface area contributed by atoms with Gasteiger partial charge in [-0.15, -0.1) is 0 Å². The van der Waals surface area contributed by atoms with E-state index in [-0.39, 0.29) is 6.04 Å². The van der Waals surface area contributed by atoms with E-state index in [0.717, 1.165) is 21.1 Å². The Bertz CT molecular complexity index is 787. The normalized spacial score (nSPS) is 24.7. The number of rotatable bonds is 2. The van der Waals surface area contributed by atoms with Crippen LogP contribution in [0.5, 0.6) is 5.75 Å². The molecule has 0 aromatic heterocycles. The second-order valence-corrected chi connectivity index (χ2v) is 7.84. The zero-order valence-corrected chi connectivity index (χ0v) is 15.9. The maximum atomic E-state index is 5.63. The first-order valence-electron chi connectivity index (χ1n) is 7.74. The number of halogens is 2. The number of benzene rings is 2. The third-order valence-electron chi connectivity index (χ3n) is 4.87. The van der Waals surface area contributed by atoms with Crippen LogP contribution in [0.4, 0.5) is 5.69 Å². The summed E-state index contributed by atoms with van der Waals surface area (Å²) in [5.74, 6) is 1.91. The number of hydrogen-bond acceptors (Lipinski definition) is 2. The van der Waals surface area contributed by atoms with E-state index < -0.39 is 0 Å². The fraction of sp³-hybridized carbons (Fsp3) is 0.263. The highest BCUT2D eigenvalue weighted by atomic mass is 79.9. The molecule has 1 N–H and O–H groups in total. The first-order chi connectivity index (χ1) is 11.2. The van der Waals surface area contributed by atoms with Gasteiger partial charge in [0.25, 0.3) is 0 Å². The van der Waals surface area contributed by atoms with Gasteiger partial charge in [-0.1, -0.05) is 40.2 Å². The van der Waals surface area contributed by atoms with Crippen LogP contribution in [0.15, 0.2) is 57.5 Å². The van der Waals surface area contributed by atoms with E-state index in [1.54, 1.807) is 7.11 Å². The molecular formula is C19H17Br2NO. The Morgan fingerprint density at radius 3 is 2.83 bits per heavy atom. The second-order valence-electron chi connectivity index (χ2n) is 6.07. The maximum Gasteiger partial charge on any atom is 0.124 e. The minimum Gasteiger partial charge on any atom is -0.496 e. The summed E-state index contributed by atoms with van der Waals surface area (Å²) in [6.45, 7) is 0. The van der Waals surface area contributed by atoms with E-state index in [4.69, 9.17) is 4.74 Å². The van der Waals surface area contributed by atoms with Crippen molar-refractivity contribution in [3.63, 3.8) is 0 Å². The van der Waals surface area contributed by atoms with Gasteiger partial charge >= 0.3 is 0 Å². The minimum absolute atomic E-state index is 0.230. The van der Waals surface area contributed by atoms with Crippen LogP contribution in [-0.2, 0) is 0 Å². The van der Waals surface area contributed by atoms with Crippen LogP contribution in [0.1, 0.15) is 29.5 Å². The molecule has 0 fully saturated rings. The first kappa shape index (κ1) is 15.3. The highest BCUT2D eigenvalue weighted by Crippen LogP contribution is 2.52. The summed E-state index contributed by atoms with van der Waals surface area (Å²) in [5.41, 5.74) is 3.79. The molecule has 1 aliphatic heterocycles. The predicted molar refractivity (Wildman–Crippen MR) is 101 cm³/mol. The van der Waals surface area contributed by atoms with Gasteiger partial charge in [0.1, 0.15) is 5.75 Å². The smallest absolute Gasteiger partial charge is 0.124 e. The number of ether oxygens (including phenoxy) is 1. The third-order valence-corrected chi connectivity index (χ3v) is 6.03. The molecule has 4 rings (SSSR count). The fourth-order valence-electron chi connectivity index (χ4n) is 3.84. The van der Waals surface area contributed by atoms with Gasteiger partial charge in [0.2, 0.25) is 0 Å². The van der Waals surface area contributed by atoms with E-state index in [9.17, 15) is 0 Å². The Balaban J connectivity index is 1.85. The first-order valence-corrected chi connectivity index (χ1v) is 9.32. The summed E-state index contributed by atoms with van der Waals surface area (Å²) in [6, 6.07) is 12.9. The van der Waals surface area contributed by atoms with Crippen molar-refractivity contribution in [1.82, 2.24) is 0 Å². The Labute approximate surface area is 153 Å². The maximum absolute atomic E-state index is 5.63. The van der Waals surface area contributed by atoms with Crippen LogP contribution in [0.2, 0.25) is 0 Å². The SMILES string of the molecule is COc1ccc(Br)cc1[C@@H]1Nc2c(Br)cccc2[C@@H]2C=CC[C@H]21. The second kappa shape index (κ2) is 5.99. The molecule has 0 bridgehead atoms. The van der Waals surface area contributed by atoms with Crippen LogP contribution >= 0.6 is 31.9 Å². The molecule has 2 nitrogen and oxygen atoms in total. The number of fused-ring (bicyclic) bond motifs is 3. The Hall–Kier alpha value is -1.26. The van der Waals surface area contributed by atoms with Gasteiger partial charge in [-0.05, 0) is 58.1 Å². The largest absolute Gasteiger partial charge is 0.496 e. The van der Waals surface area contributed by atoms with E-state index in [1.165, 1.54) is 16.8 Å². The summed E-state index contributed by atoms with van der Waals surface area (Å²) < 4.78 is 7.82. The molecule has 0 saturated heterocycles. The number of nitrogens with one attached hydrogen (secondary N) is 1. The average Bonchev–Trinajstić information content (AvgIpc) is 3.04. The molecule has 0 saturated carbocycles. The van der Waals surface area contributed by atoms with Crippen LogP contribution in [0, 0.1) is 5.92 Å². The molecule has 2 aromatic rings. The van der Waals surface area contributed by atoms with E-state index in [1.807, 2.05) is 12.1 Å². The van der Waals surface area contributed by atoms with Crippen LogP contribution in [0.25, 0.3) is 0 Å². The topological polar surface area (TPSA) is 21.3 Å². The number of hydrogen-bond donors (Lipinski definition) is 1. The summed E-state index contributed by atoms with van der Waals surface area (Å²) >= 11 is 7.30. The molecule has 1 heterocycles. The summed E-state index contributed by atoms with van der Waals surface area (Å²) in [5, 5.41) is 3.77. The Morgan fingerprint density at radius 2 is 2.00 bits per heavy atom. The van der Waals surface area contributed by atoms with Crippen molar-refractivity contribution in [1.29, 1.82) is 0 Å². The van der Waals surface area contributed by atoms with E-state index >= 15 is 0 Å². The molecule has 0 radical (unpaired) electrons. The van der Waals surface area contributed by atoms with Crippen molar-refractivity contribution in [2.24, 2.45) is 5.92 Å². The standard InChI is InChI=1S/C19H17Br2NO/c1-23-17-9-8-11(20)10-15(17)18-13-5-2-4-12(13)14-6-3-7-16(21)19(14)22-18/h2-4,6-10,12-13,18,22H,5H2,1H3/t12-,13-,18-/m1/s1. The van der Waals surface area contributed by atoms with Gasteiger partial charge in [-0.25, -0.2) is 0 Å². The average molecular weight is 435 g/mol. The molecule has 0 spiro atoms. The van der Waals surface area contributed by atoms with Crippen LogP contribution < -0.4 is 10.1 Å². The fourth-order valence-corrected chi connectivity index (χ4v) is 4.71. The zero-order valence-electron chi connectivity index (χ0n) is 12.7. The molecule has 3 atom stereocenters. The number of anilines is 1. The zero-order chi connectivity index (χ0) is 16.0. The highest BCUT2D eigenvalue weighted by Gasteiger charge is 2.39. The lowest BCUT2D eigenvalue weighted by molar-refractivity contribution is 0.381. The summed E-state index contributed by atoms with van der Waals surface area (Å²) in [7, 11) is 1.74. The van der Waals surface area contributed by atoms with Gasteiger partial charge in [0.05, 0.1) is 18.8 Å². The molecule has 2 aliphatic rings. The predicted octanol–water partition coefficient (Wildman–Crippen LogP) is 6.05. The monoisotopic (exact) mass is 433 g/mol. The molecule has 118 valence electrons. The van der Waals surface area contributed by atoms with Crippen molar-refractivity contribution in [3.8, 4) is 5.75 Å². The van der Waals surface area contributed by atoms with Crippen molar-refractivity contribution in [2.45, 2.75) is 18.4 Å². The van der Waals surface area contributed by atoms with Gasteiger partial charge in [-0.3, -0.25) is 0 Å². The molecule has 0 amide bonds. The quantitative estimate of drug-likeness (QED) is 0.581. The Morgan fingerprint density at radius 1 is 1.13 bits per heavy atom. The lowest BCUT2D eigenvalue weighted by Gasteiger charge is -2.38. The van der Waals surface area contributed by atoms with Crippen LogP contribution in [-0.4, -0.2) is 7.11 Å². The Kier molecular flexibility index (Phi) is 3.98. The van der Waals surface area contributed by atoms with Gasteiger partial charge in [0.15, 0.2) is 0 Å². The van der Waals surface area contributed by atoms with Crippen molar-refractivity contribution in [3.05, 3.63) is 68.6 Å². The van der Waals surface area contributed by atoms with Crippen molar-refractivity contribution in [2.75, 3.05) is 12.4 Å². The highest BCUT2D eigenvalue weighted by molar-refractivity contribution is 9.10. The van der Waals surface area contributed by atoms with Crippen molar-refractivity contribution < 1.29 is 4.74 Å². The summed E-state index contributed by atoms with van der Waals surface area (Å²) in [6.07, 6.45) is 5.75. The van der Waals surface area contributed by atoms with Gasteiger partial charge in [0, 0.05) is 20.4 Å². The molecule has 2 aromatic carbocycles. The molecule has 4 heteroatoms. The number of methoxy groups -OCH3 is 1. The lowest BCUT2D eigenvalue weighted by atomic mass is 9.77. The van der Waals surface area contributed by atoms with Crippen molar-refractivity contribution >= 4 is 37.5 Å². The van der Waals surface area contributed by atoms with Gasteiger partial charge < -0.3 is 10.1 Å². The van der Waals surface area contributed by atoms with E-state index in [2.05, 4.69) is 73.6 Å². The number of allylic oxidation sites excluding steroid dienone is 2. The molecular weight excluding hydrogens is 418 g/mol.